The highest BCUT2D eigenvalue weighted by Crippen LogP contribution is 2.29. The monoisotopic (exact) mass is 258 g/mol. The highest BCUT2D eigenvalue weighted by Gasteiger charge is 2.21. The molecule has 0 spiro atoms. The summed E-state index contributed by atoms with van der Waals surface area (Å²) < 4.78 is 0. The molecule has 1 N–H and O–H groups in total. The molecule has 18 heavy (non-hydrogen) atoms. The minimum Gasteiger partial charge on any atom is -0.309 e. The summed E-state index contributed by atoms with van der Waals surface area (Å²) >= 11 is 1.81. The number of hydrogen-bond donors (Lipinski definition) is 1. The Morgan fingerprint density at radius 3 is 2.61 bits per heavy atom. The predicted octanol–water partition coefficient (Wildman–Crippen LogP) is 3.68. The van der Waals surface area contributed by atoms with E-state index >= 15 is 0 Å². The predicted molar refractivity (Wildman–Crippen MR) is 76.9 cm³/mol. The van der Waals surface area contributed by atoms with Crippen LogP contribution in [0.3, 0.4) is 0 Å². The van der Waals surface area contributed by atoms with Gasteiger partial charge in [-0.05, 0) is 26.7 Å². The Bertz CT molecular complexity index is 538. The summed E-state index contributed by atoms with van der Waals surface area (Å²) in [6.07, 6.45) is 2.67. The maximum absolute atomic E-state index is 4.69. The Kier molecular flexibility index (Phi) is 3.18. The van der Waals surface area contributed by atoms with Crippen molar-refractivity contribution in [2.75, 3.05) is 0 Å². The normalized spacial score (nSPS) is 15.0. The van der Waals surface area contributed by atoms with Crippen molar-refractivity contribution in [3.8, 4) is 10.6 Å². The zero-order valence-electron chi connectivity index (χ0n) is 10.9. The number of hydrogen-bond acceptors (Lipinski definition) is 3. The fraction of sp³-hybridized carbons (Fsp3) is 0.400. The molecule has 3 rings (SSSR count). The van der Waals surface area contributed by atoms with Crippen molar-refractivity contribution in [1.82, 2.24) is 10.3 Å². The molecule has 1 aromatic heterocycles. The summed E-state index contributed by atoms with van der Waals surface area (Å²) in [6, 6.07) is 9.37. The van der Waals surface area contributed by atoms with E-state index in [4.69, 9.17) is 0 Å². The molecule has 0 radical (unpaired) electrons. The van der Waals surface area contributed by atoms with Crippen LogP contribution in [0, 0.1) is 13.8 Å². The van der Waals surface area contributed by atoms with Gasteiger partial charge < -0.3 is 5.32 Å². The minimum absolute atomic E-state index is 0.759. The summed E-state index contributed by atoms with van der Waals surface area (Å²) in [7, 11) is 0. The van der Waals surface area contributed by atoms with Gasteiger partial charge in [0.15, 0.2) is 0 Å². The van der Waals surface area contributed by atoms with Crippen LogP contribution in [0.15, 0.2) is 24.3 Å². The van der Waals surface area contributed by atoms with Gasteiger partial charge in [-0.25, -0.2) is 4.98 Å². The average Bonchev–Trinajstić information content (AvgIpc) is 3.12. The topological polar surface area (TPSA) is 24.9 Å². The third-order valence-corrected chi connectivity index (χ3v) is 4.53. The second kappa shape index (κ2) is 4.82. The molecule has 0 atom stereocenters. The van der Waals surface area contributed by atoms with Crippen molar-refractivity contribution in [3.63, 3.8) is 0 Å². The maximum Gasteiger partial charge on any atom is 0.123 e. The number of nitrogens with one attached hydrogen (secondary N) is 1. The molecular formula is C15H18N2S. The number of rotatable bonds is 4. The number of thiazole rings is 1. The zero-order valence-corrected chi connectivity index (χ0v) is 11.7. The van der Waals surface area contributed by atoms with Crippen molar-refractivity contribution in [2.24, 2.45) is 0 Å². The average molecular weight is 258 g/mol. The standard InChI is InChI=1S/C15H18N2S/c1-10-3-5-12(6-4-10)15-17-11(2)14(18-15)9-16-13-7-8-13/h3-6,13,16H,7-9H2,1-2H3. The van der Waals surface area contributed by atoms with Crippen molar-refractivity contribution in [1.29, 1.82) is 0 Å². The van der Waals surface area contributed by atoms with Crippen LogP contribution in [-0.4, -0.2) is 11.0 Å². The van der Waals surface area contributed by atoms with Crippen LogP contribution < -0.4 is 5.32 Å². The minimum atomic E-state index is 0.759. The van der Waals surface area contributed by atoms with Crippen LogP contribution in [0.1, 0.15) is 29.0 Å². The molecular weight excluding hydrogens is 240 g/mol. The SMILES string of the molecule is Cc1ccc(-c2nc(C)c(CNC3CC3)s2)cc1. The summed E-state index contributed by atoms with van der Waals surface area (Å²) in [5.41, 5.74) is 3.69. The molecule has 2 aromatic rings. The Balaban J connectivity index is 1.79. The lowest BCUT2D eigenvalue weighted by Crippen LogP contribution is -2.14. The molecule has 0 bridgehead atoms. The van der Waals surface area contributed by atoms with Crippen molar-refractivity contribution in [2.45, 2.75) is 39.3 Å². The first-order chi connectivity index (χ1) is 8.72. The van der Waals surface area contributed by atoms with Gasteiger partial charge in [0.2, 0.25) is 0 Å². The number of benzene rings is 1. The van der Waals surface area contributed by atoms with Gasteiger partial charge in [-0.2, -0.15) is 0 Å². The fourth-order valence-corrected chi connectivity index (χ4v) is 2.95. The van der Waals surface area contributed by atoms with E-state index in [1.54, 1.807) is 0 Å². The van der Waals surface area contributed by atoms with Gasteiger partial charge in [-0.1, -0.05) is 29.8 Å². The van der Waals surface area contributed by atoms with E-state index in [1.165, 1.54) is 34.5 Å². The first-order valence-corrected chi connectivity index (χ1v) is 7.31. The van der Waals surface area contributed by atoms with E-state index in [0.717, 1.165) is 17.6 Å². The van der Waals surface area contributed by atoms with E-state index in [2.05, 4.69) is 48.4 Å². The molecule has 0 unspecified atom stereocenters. The lowest BCUT2D eigenvalue weighted by molar-refractivity contribution is 0.691. The lowest BCUT2D eigenvalue weighted by atomic mass is 10.2. The number of nitrogens with zero attached hydrogens (tertiary/aromatic N) is 1. The van der Waals surface area contributed by atoms with E-state index in [9.17, 15) is 0 Å². The van der Waals surface area contributed by atoms with Crippen LogP contribution in [0.25, 0.3) is 10.6 Å². The Morgan fingerprint density at radius 1 is 1.22 bits per heavy atom. The molecule has 1 saturated carbocycles. The highest BCUT2D eigenvalue weighted by atomic mass is 32.1. The van der Waals surface area contributed by atoms with E-state index in [1.807, 2.05) is 11.3 Å². The summed E-state index contributed by atoms with van der Waals surface area (Å²) in [6.45, 7) is 5.19. The third kappa shape index (κ3) is 2.62. The molecule has 3 heteroatoms. The molecule has 1 aliphatic rings. The Hall–Kier alpha value is -1.19. The number of aromatic nitrogens is 1. The van der Waals surface area contributed by atoms with Gasteiger partial charge in [0.05, 0.1) is 5.69 Å². The fourth-order valence-electron chi connectivity index (χ4n) is 1.94. The van der Waals surface area contributed by atoms with E-state index in [-0.39, 0.29) is 0 Å². The molecule has 0 saturated heterocycles. The highest BCUT2D eigenvalue weighted by molar-refractivity contribution is 7.15. The van der Waals surface area contributed by atoms with E-state index < -0.39 is 0 Å². The van der Waals surface area contributed by atoms with E-state index in [0.29, 0.717) is 0 Å². The van der Waals surface area contributed by atoms with Gasteiger partial charge >= 0.3 is 0 Å². The van der Waals surface area contributed by atoms with Gasteiger partial charge in [0.25, 0.3) is 0 Å². The quantitative estimate of drug-likeness (QED) is 0.905. The lowest BCUT2D eigenvalue weighted by Gasteiger charge is -1.99. The molecule has 1 heterocycles. The summed E-state index contributed by atoms with van der Waals surface area (Å²) in [5.74, 6) is 0. The molecule has 94 valence electrons. The first-order valence-electron chi connectivity index (χ1n) is 6.49. The Morgan fingerprint density at radius 2 is 1.94 bits per heavy atom. The second-order valence-corrected chi connectivity index (χ2v) is 6.13. The first kappa shape index (κ1) is 11.9. The third-order valence-electron chi connectivity index (χ3n) is 3.32. The molecule has 1 aliphatic carbocycles. The van der Waals surface area contributed by atoms with Crippen molar-refractivity contribution in [3.05, 3.63) is 40.4 Å². The largest absolute Gasteiger partial charge is 0.309 e. The van der Waals surface area contributed by atoms with Gasteiger partial charge in [-0.15, -0.1) is 11.3 Å². The van der Waals surface area contributed by atoms with Crippen LogP contribution in [0.2, 0.25) is 0 Å². The van der Waals surface area contributed by atoms with Crippen LogP contribution in [-0.2, 0) is 6.54 Å². The summed E-state index contributed by atoms with van der Waals surface area (Å²) in [4.78, 5) is 6.06. The molecule has 1 fully saturated rings. The molecule has 0 aliphatic heterocycles. The zero-order chi connectivity index (χ0) is 12.5. The van der Waals surface area contributed by atoms with Crippen LogP contribution in [0.5, 0.6) is 0 Å². The van der Waals surface area contributed by atoms with Crippen molar-refractivity contribution < 1.29 is 0 Å². The van der Waals surface area contributed by atoms with Crippen molar-refractivity contribution >= 4 is 11.3 Å². The van der Waals surface area contributed by atoms with Crippen LogP contribution in [0.4, 0.5) is 0 Å². The molecule has 0 amide bonds. The molecule has 1 aromatic carbocycles. The summed E-state index contributed by atoms with van der Waals surface area (Å²) in [5, 5.41) is 4.70. The number of aryl methyl sites for hydroxylation is 2. The Labute approximate surface area is 112 Å². The smallest absolute Gasteiger partial charge is 0.123 e. The van der Waals surface area contributed by atoms with Gasteiger partial charge in [-0.3, -0.25) is 0 Å². The van der Waals surface area contributed by atoms with Crippen LogP contribution >= 0.6 is 11.3 Å². The molecule has 2 nitrogen and oxygen atoms in total. The van der Waals surface area contributed by atoms with Gasteiger partial charge in [0, 0.05) is 23.0 Å². The van der Waals surface area contributed by atoms with Gasteiger partial charge in [0.1, 0.15) is 5.01 Å². The maximum atomic E-state index is 4.69. The second-order valence-electron chi connectivity index (χ2n) is 5.05.